The van der Waals surface area contributed by atoms with Gasteiger partial charge in [-0.2, -0.15) is 0 Å². The van der Waals surface area contributed by atoms with Crippen LogP contribution in [0.2, 0.25) is 0 Å². The van der Waals surface area contributed by atoms with E-state index in [1.165, 1.54) is 28.6 Å². The summed E-state index contributed by atoms with van der Waals surface area (Å²) in [5, 5.41) is 0. The number of hydrogen-bond acceptors (Lipinski definition) is 2. The molecule has 0 saturated heterocycles. The topological polar surface area (TPSA) is 37.4 Å². The molecule has 3 nitrogen and oxygen atoms in total. The smallest absolute Gasteiger partial charge is 0.260 e. The second-order valence-electron chi connectivity index (χ2n) is 8.43. The van der Waals surface area contributed by atoms with Crippen molar-refractivity contribution in [1.82, 2.24) is 0 Å². The molecule has 1 heterocycles. The summed E-state index contributed by atoms with van der Waals surface area (Å²) in [5.74, 6) is -0.459. The van der Waals surface area contributed by atoms with E-state index in [1.807, 2.05) is 56.3 Å². The Morgan fingerprint density at radius 3 is 2.07 bits per heavy atom. The highest BCUT2D eigenvalue weighted by Crippen LogP contribution is 2.51. The van der Waals surface area contributed by atoms with Crippen LogP contribution in [-0.2, 0) is 15.4 Å². The van der Waals surface area contributed by atoms with Crippen LogP contribution >= 0.6 is 0 Å². The first-order chi connectivity index (χ1) is 13.7. The Morgan fingerprint density at radius 1 is 0.828 bits per heavy atom. The van der Waals surface area contributed by atoms with E-state index in [2.05, 4.69) is 19.1 Å². The lowest BCUT2D eigenvalue weighted by molar-refractivity contribution is 0.351. The highest BCUT2D eigenvalue weighted by Gasteiger charge is 2.49. The molecular formula is C24H24FNO2S. The highest BCUT2D eigenvalue weighted by atomic mass is 32.2. The molecule has 4 rings (SSSR count). The van der Waals surface area contributed by atoms with E-state index in [1.54, 1.807) is 0 Å². The molecule has 150 valence electrons. The third-order valence-corrected chi connectivity index (χ3v) is 7.86. The fraction of sp³-hybridized carbons (Fsp3) is 0.250. The molecule has 1 atom stereocenters. The SMILES string of the molecule is CC1(c2ccccc2)CC(C)(C)N(S(=O)(=O)c2ccc(F)cc2)c2ccccc21. The van der Waals surface area contributed by atoms with Crippen LogP contribution in [0.5, 0.6) is 0 Å². The van der Waals surface area contributed by atoms with Gasteiger partial charge >= 0.3 is 0 Å². The van der Waals surface area contributed by atoms with Crippen molar-refractivity contribution in [3.05, 3.63) is 95.8 Å². The summed E-state index contributed by atoms with van der Waals surface area (Å²) in [6.07, 6.45) is 0.613. The van der Waals surface area contributed by atoms with Crippen molar-refractivity contribution in [2.75, 3.05) is 4.31 Å². The number of anilines is 1. The number of para-hydroxylation sites is 1. The molecule has 0 aromatic heterocycles. The van der Waals surface area contributed by atoms with Gasteiger partial charge in [0.25, 0.3) is 10.0 Å². The Kier molecular flexibility index (Phi) is 4.54. The van der Waals surface area contributed by atoms with E-state index < -0.39 is 21.4 Å². The minimum atomic E-state index is -3.87. The van der Waals surface area contributed by atoms with Gasteiger partial charge in [0.2, 0.25) is 0 Å². The number of sulfonamides is 1. The summed E-state index contributed by atoms with van der Waals surface area (Å²) in [6.45, 7) is 6.07. The lowest BCUT2D eigenvalue weighted by atomic mass is 9.66. The van der Waals surface area contributed by atoms with E-state index in [4.69, 9.17) is 0 Å². The summed E-state index contributed by atoms with van der Waals surface area (Å²) in [6, 6.07) is 22.9. The Hall–Kier alpha value is -2.66. The maximum Gasteiger partial charge on any atom is 0.264 e. The molecule has 0 amide bonds. The van der Waals surface area contributed by atoms with Crippen LogP contribution < -0.4 is 4.31 Å². The third-order valence-electron chi connectivity index (χ3n) is 5.82. The molecule has 0 saturated carbocycles. The van der Waals surface area contributed by atoms with Gasteiger partial charge < -0.3 is 0 Å². The molecule has 3 aromatic rings. The Morgan fingerprint density at radius 2 is 1.41 bits per heavy atom. The van der Waals surface area contributed by atoms with Crippen LogP contribution in [-0.4, -0.2) is 14.0 Å². The summed E-state index contributed by atoms with van der Waals surface area (Å²) in [4.78, 5) is 0.0880. The summed E-state index contributed by atoms with van der Waals surface area (Å²) >= 11 is 0. The molecule has 0 aliphatic carbocycles. The van der Waals surface area contributed by atoms with Crippen LogP contribution in [0.1, 0.15) is 38.3 Å². The molecule has 1 unspecified atom stereocenters. The number of fused-ring (bicyclic) bond motifs is 1. The van der Waals surface area contributed by atoms with Crippen molar-refractivity contribution in [1.29, 1.82) is 0 Å². The van der Waals surface area contributed by atoms with Gasteiger partial charge in [0.15, 0.2) is 0 Å². The number of benzene rings is 3. The van der Waals surface area contributed by atoms with Gasteiger partial charge in [0.05, 0.1) is 16.1 Å². The van der Waals surface area contributed by atoms with Crippen molar-refractivity contribution < 1.29 is 12.8 Å². The summed E-state index contributed by atoms with van der Waals surface area (Å²) in [5.41, 5.74) is 1.76. The average molecular weight is 410 g/mol. The zero-order valence-electron chi connectivity index (χ0n) is 16.8. The van der Waals surface area contributed by atoms with Crippen molar-refractivity contribution >= 4 is 15.7 Å². The molecule has 1 aliphatic heterocycles. The normalized spacial score (nSPS) is 20.9. The molecule has 0 spiro atoms. The first kappa shape index (κ1) is 19.6. The number of hydrogen-bond donors (Lipinski definition) is 0. The number of rotatable bonds is 3. The maximum absolute atomic E-state index is 13.6. The molecule has 0 bridgehead atoms. The zero-order chi connectivity index (χ0) is 20.9. The van der Waals surface area contributed by atoms with Crippen LogP contribution in [0.15, 0.2) is 83.8 Å². The van der Waals surface area contributed by atoms with Crippen LogP contribution in [0.4, 0.5) is 10.1 Å². The van der Waals surface area contributed by atoms with Crippen LogP contribution in [0.3, 0.4) is 0 Å². The Balaban J connectivity index is 1.94. The largest absolute Gasteiger partial charge is 0.264 e. The molecule has 0 fully saturated rings. The number of halogens is 1. The molecule has 1 aliphatic rings. The Bertz CT molecular complexity index is 1140. The average Bonchev–Trinajstić information content (AvgIpc) is 2.68. The molecular weight excluding hydrogens is 385 g/mol. The zero-order valence-corrected chi connectivity index (χ0v) is 17.6. The fourth-order valence-electron chi connectivity index (χ4n) is 4.71. The lowest BCUT2D eigenvalue weighted by Gasteiger charge is -2.51. The summed E-state index contributed by atoms with van der Waals surface area (Å²) in [7, 11) is -3.87. The van der Waals surface area contributed by atoms with Crippen molar-refractivity contribution in [2.45, 2.75) is 43.0 Å². The van der Waals surface area contributed by atoms with Gasteiger partial charge in [0.1, 0.15) is 5.82 Å². The van der Waals surface area contributed by atoms with Gasteiger partial charge in [-0.25, -0.2) is 12.8 Å². The van der Waals surface area contributed by atoms with E-state index in [9.17, 15) is 12.8 Å². The van der Waals surface area contributed by atoms with Crippen LogP contribution in [0.25, 0.3) is 0 Å². The predicted molar refractivity (Wildman–Crippen MR) is 114 cm³/mol. The fourth-order valence-corrected chi connectivity index (χ4v) is 6.53. The van der Waals surface area contributed by atoms with E-state index >= 15 is 0 Å². The minimum Gasteiger partial charge on any atom is -0.260 e. The van der Waals surface area contributed by atoms with Crippen molar-refractivity contribution in [2.24, 2.45) is 0 Å². The first-order valence-corrected chi connectivity index (χ1v) is 11.1. The lowest BCUT2D eigenvalue weighted by Crippen LogP contribution is -2.55. The second kappa shape index (κ2) is 6.70. The van der Waals surface area contributed by atoms with Gasteiger partial charge in [-0.3, -0.25) is 4.31 Å². The van der Waals surface area contributed by atoms with Gasteiger partial charge in [-0.05, 0) is 61.7 Å². The first-order valence-electron chi connectivity index (χ1n) is 9.62. The van der Waals surface area contributed by atoms with E-state index in [-0.39, 0.29) is 10.3 Å². The molecule has 3 aromatic carbocycles. The Labute approximate surface area is 171 Å². The van der Waals surface area contributed by atoms with Crippen molar-refractivity contribution in [3.63, 3.8) is 0 Å². The third kappa shape index (κ3) is 3.14. The van der Waals surface area contributed by atoms with E-state index in [0.29, 0.717) is 12.1 Å². The van der Waals surface area contributed by atoms with E-state index in [0.717, 1.165) is 11.1 Å². The molecule has 0 N–H and O–H groups in total. The quantitative estimate of drug-likeness (QED) is 0.572. The monoisotopic (exact) mass is 409 g/mol. The van der Waals surface area contributed by atoms with Gasteiger partial charge in [-0.1, -0.05) is 55.5 Å². The minimum absolute atomic E-state index is 0.0880. The molecule has 5 heteroatoms. The molecule has 0 radical (unpaired) electrons. The van der Waals surface area contributed by atoms with Gasteiger partial charge in [0, 0.05) is 5.41 Å². The number of nitrogens with zero attached hydrogens (tertiary/aromatic N) is 1. The standard InChI is InChI=1S/C24H24FNO2S/c1-23(2)17-24(3,18-9-5-4-6-10-18)21-11-7-8-12-22(21)26(23)29(27,28)20-15-13-19(25)14-16-20/h4-16H,17H2,1-3H3. The second-order valence-corrected chi connectivity index (χ2v) is 10.2. The summed E-state index contributed by atoms with van der Waals surface area (Å²) < 4.78 is 42.2. The maximum atomic E-state index is 13.6. The van der Waals surface area contributed by atoms with Crippen molar-refractivity contribution in [3.8, 4) is 0 Å². The highest BCUT2D eigenvalue weighted by molar-refractivity contribution is 7.93. The van der Waals surface area contributed by atoms with Crippen LogP contribution in [0, 0.1) is 5.82 Å². The van der Waals surface area contributed by atoms with Gasteiger partial charge in [-0.15, -0.1) is 0 Å². The molecule has 29 heavy (non-hydrogen) atoms. The predicted octanol–water partition coefficient (Wildman–Crippen LogP) is 5.51.